The zero-order chi connectivity index (χ0) is 10.7. The minimum Gasteiger partial charge on any atom is -0.370 e. The molecule has 1 atom stereocenters. The fourth-order valence-electron chi connectivity index (χ4n) is 2.07. The van der Waals surface area contributed by atoms with Crippen LogP contribution in [-0.4, -0.2) is 24.6 Å². The van der Waals surface area contributed by atoms with Crippen LogP contribution in [0.2, 0.25) is 0 Å². The molecule has 1 aliphatic heterocycles. The van der Waals surface area contributed by atoms with E-state index < -0.39 is 0 Å². The van der Waals surface area contributed by atoms with Crippen molar-refractivity contribution in [2.75, 3.05) is 25.0 Å². The van der Waals surface area contributed by atoms with E-state index in [1.807, 2.05) is 6.92 Å². The van der Waals surface area contributed by atoms with Gasteiger partial charge in [-0.2, -0.15) is 0 Å². The zero-order valence-corrected chi connectivity index (χ0v) is 9.51. The van der Waals surface area contributed by atoms with E-state index in [2.05, 4.69) is 34.7 Å². The molecule has 1 saturated heterocycles. The number of anilines is 1. The van der Waals surface area contributed by atoms with Gasteiger partial charge in [0.1, 0.15) is 5.82 Å². The standard InChI is InChI=1S/C12H19N3/c1-9-5-10(2)15-12(6-9)14-8-11-3-4-13-7-11/h5-6,11,13H,3-4,7-8H2,1-2H3,(H,14,15). The number of nitrogens with one attached hydrogen (secondary N) is 2. The lowest BCUT2D eigenvalue weighted by Gasteiger charge is -2.11. The molecule has 82 valence electrons. The van der Waals surface area contributed by atoms with Crippen molar-refractivity contribution in [1.82, 2.24) is 10.3 Å². The number of nitrogens with zero attached hydrogens (tertiary/aromatic N) is 1. The van der Waals surface area contributed by atoms with E-state index in [0.717, 1.165) is 37.1 Å². The van der Waals surface area contributed by atoms with Gasteiger partial charge >= 0.3 is 0 Å². The van der Waals surface area contributed by atoms with Crippen molar-refractivity contribution in [3.63, 3.8) is 0 Å². The Morgan fingerprint density at radius 2 is 2.33 bits per heavy atom. The van der Waals surface area contributed by atoms with Gasteiger partial charge in [0.05, 0.1) is 0 Å². The first-order valence-corrected chi connectivity index (χ1v) is 5.64. The van der Waals surface area contributed by atoms with Gasteiger partial charge < -0.3 is 10.6 Å². The second-order valence-electron chi connectivity index (χ2n) is 4.41. The Morgan fingerprint density at radius 1 is 1.47 bits per heavy atom. The Hall–Kier alpha value is -1.09. The maximum atomic E-state index is 4.46. The molecule has 2 N–H and O–H groups in total. The summed E-state index contributed by atoms with van der Waals surface area (Å²) in [5.41, 5.74) is 2.36. The van der Waals surface area contributed by atoms with E-state index in [0.29, 0.717) is 0 Å². The smallest absolute Gasteiger partial charge is 0.126 e. The van der Waals surface area contributed by atoms with Gasteiger partial charge in [-0.05, 0) is 57.0 Å². The predicted octanol–water partition coefficient (Wildman–Crippen LogP) is 1.72. The van der Waals surface area contributed by atoms with Crippen LogP contribution in [-0.2, 0) is 0 Å². The number of pyridine rings is 1. The van der Waals surface area contributed by atoms with Crippen molar-refractivity contribution in [1.29, 1.82) is 0 Å². The van der Waals surface area contributed by atoms with E-state index in [1.165, 1.54) is 12.0 Å². The average Bonchev–Trinajstić information content (AvgIpc) is 2.65. The molecule has 3 heteroatoms. The minimum absolute atomic E-state index is 0.757. The van der Waals surface area contributed by atoms with Crippen molar-refractivity contribution in [3.05, 3.63) is 23.4 Å². The minimum atomic E-state index is 0.757. The normalized spacial score (nSPS) is 20.5. The summed E-state index contributed by atoms with van der Waals surface area (Å²) >= 11 is 0. The number of hydrogen-bond donors (Lipinski definition) is 2. The van der Waals surface area contributed by atoms with Crippen LogP contribution in [0.5, 0.6) is 0 Å². The molecular formula is C12H19N3. The summed E-state index contributed by atoms with van der Waals surface area (Å²) in [6.07, 6.45) is 1.28. The summed E-state index contributed by atoms with van der Waals surface area (Å²) in [6, 6.07) is 4.21. The molecule has 3 nitrogen and oxygen atoms in total. The molecule has 0 aliphatic carbocycles. The van der Waals surface area contributed by atoms with E-state index >= 15 is 0 Å². The van der Waals surface area contributed by atoms with Gasteiger partial charge in [-0.15, -0.1) is 0 Å². The van der Waals surface area contributed by atoms with Crippen LogP contribution >= 0.6 is 0 Å². The van der Waals surface area contributed by atoms with Crippen LogP contribution in [0.1, 0.15) is 17.7 Å². The van der Waals surface area contributed by atoms with Gasteiger partial charge in [0.15, 0.2) is 0 Å². The van der Waals surface area contributed by atoms with Crippen LogP contribution in [0, 0.1) is 19.8 Å². The fourth-order valence-corrected chi connectivity index (χ4v) is 2.07. The molecule has 0 radical (unpaired) electrons. The number of rotatable bonds is 3. The molecular weight excluding hydrogens is 186 g/mol. The number of hydrogen-bond acceptors (Lipinski definition) is 3. The predicted molar refractivity (Wildman–Crippen MR) is 63.2 cm³/mol. The van der Waals surface area contributed by atoms with Gasteiger partial charge in [0.2, 0.25) is 0 Å². The molecule has 0 spiro atoms. The lowest BCUT2D eigenvalue weighted by molar-refractivity contribution is 0.614. The highest BCUT2D eigenvalue weighted by molar-refractivity contribution is 5.39. The zero-order valence-electron chi connectivity index (χ0n) is 9.51. The Balaban J connectivity index is 1.92. The maximum Gasteiger partial charge on any atom is 0.126 e. The lowest BCUT2D eigenvalue weighted by atomic mass is 10.1. The molecule has 2 heterocycles. The number of aryl methyl sites for hydroxylation is 2. The SMILES string of the molecule is Cc1cc(C)nc(NCC2CCNC2)c1. The van der Waals surface area contributed by atoms with Gasteiger partial charge in [0, 0.05) is 12.2 Å². The van der Waals surface area contributed by atoms with Crippen LogP contribution in [0.15, 0.2) is 12.1 Å². The van der Waals surface area contributed by atoms with Crippen molar-refractivity contribution in [2.24, 2.45) is 5.92 Å². The second kappa shape index (κ2) is 4.62. The Morgan fingerprint density at radius 3 is 3.00 bits per heavy atom. The van der Waals surface area contributed by atoms with E-state index in [1.54, 1.807) is 0 Å². The average molecular weight is 205 g/mol. The summed E-state index contributed by atoms with van der Waals surface area (Å²) < 4.78 is 0. The topological polar surface area (TPSA) is 37.0 Å². The van der Waals surface area contributed by atoms with Gasteiger partial charge in [-0.1, -0.05) is 0 Å². The molecule has 1 aromatic rings. The highest BCUT2D eigenvalue weighted by atomic mass is 15.0. The molecule has 0 amide bonds. The van der Waals surface area contributed by atoms with Crippen LogP contribution in [0.25, 0.3) is 0 Å². The Kier molecular flexibility index (Phi) is 3.21. The van der Waals surface area contributed by atoms with Crippen LogP contribution in [0.3, 0.4) is 0 Å². The maximum absolute atomic E-state index is 4.46. The van der Waals surface area contributed by atoms with E-state index in [9.17, 15) is 0 Å². The summed E-state index contributed by atoms with van der Waals surface area (Å²) in [7, 11) is 0. The van der Waals surface area contributed by atoms with Crippen molar-refractivity contribution < 1.29 is 0 Å². The second-order valence-corrected chi connectivity index (χ2v) is 4.41. The quantitative estimate of drug-likeness (QED) is 0.789. The molecule has 0 aromatic carbocycles. The third-order valence-electron chi connectivity index (χ3n) is 2.83. The van der Waals surface area contributed by atoms with E-state index in [-0.39, 0.29) is 0 Å². The fraction of sp³-hybridized carbons (Fsp3) is 0.583. The third kappa shape index (κ3) is 2.93. The van der Waals surface area contributed by atoms with Gasteiger partial charge in [-0.3, -0.25) is 0 Å². The van der Waals surface area contributed by atoms with Crippen molar-refractivity contribution >= 4 is 5.82 Å². The van der Waals surface area contributed by atoms with Gasteiger partial charge in [-0.25, -0.2) is 4.98 Å². The molecule has 1 unspecified atom stereocenters. The highest BCUT2D eigenvalue weighted by Crippen LogP contribution is 2.12. The van der Waals surface area contributed by atoms with Crippen LogP contribution < -0.4 is 10.6 Å². The summed E-state index contributed by atoms with van der Waals surface area (Å²) in [4.78, 5) is 4.46. The lowest BCUT2D eigenvalue weighted by Crippen LogP contribution is -2.17. The largest absolute Gasteiger partial charge is 0.370 e. The molecule has 1 fully saturated rings. The molecule has 1 aromatic heterocycles. The van der Waals surface area contributed by atoms with Crippen molar-refractivity contribution in [2.45, 2.75) is 20.3 Å². The summed E-state index contributed by atoms with van der Waals surface area (Å²) in [5.74, 6) is 1.77. The molecule has 2 rings (SSSR count). The summed E-state index contributed by atoms with van der Waals surface area (Å²) in [6.45, 7) is 7.47. The Bertz CT molecular complexity index is 309. The Labute approximate surface area is 91.3 Å². The molecule has 15 heavy (non-hydrogen) atoms. The van der Waals surface area contributed by atoms with Gasteiger partial charge in [0.25, 0.3) is 0 Å². The third-order valence-corrected chi connectivity index (χ3v) is 2.83. The van der Waals surface area contributed by atoms with Crippen LogP contribution in [0.4, 0.5) is 5.82 Å². The highest BCUT2D eigenvalue weighted by Gasteiger charge is 2.13. The molecule has 1 aliphatic rings. The monoisotopic (exact) mass is 205 g/mol. The first-order valence-electron chi connectivity index (χ1n) is 5.64. The molecule has 0 bridgehead atoms. The van der Waals surface area contributed by atoms with E-state index in [4.69, 9.17) is 0 Å². The summed E-state index contributed by atoms with van der Waals surface area (Å²) in [5, 5.41) is 6.79. The first-order chi connectivity index (χ1) is 7.24. The number of aromatic nitrogens is 1. The van der Waals surface area contributed by atoms with Crippen molar-refractivity contribution in [3.8, 4) is 0 Å². The molecule has 0 saturated carbocycles. The first kappa shape index (κ1) is 10.4.